The summed E-state index contributed by atoms with van der Waals surface area (Å²) in [5, 5.41) is 10.00. The molecule has 0 amide bonds. The SMILES string of the molecule is Fc1cc2nccnc2cc1CNC1=CNCC(Br)=C1N1CCNCC1. The summed E-state index contributed by atoms with van der Waals surface area (Å²) in [7, 11) is 0. The first-order chi connectivity index (χ1) is 12.7. The Morgan fingerprint density at radius 3 is 2.65 bits per heavy atom. The number of hydrogen-bond acceptors (Lipinski definition) is 6. The van der Waals surface area contributed by atoms with Gasteiger partial charge in [0.2, 0.25) is 0 Å². The largest absolute Gasteiger partial charge is 0.384 e. The van der Waals surface area contributed by atoms with Gasteiger partial charge in [0.1, 0.15) is 5.82 Å². The second-order valence-electron chi connectivity index (χ2n) is 6.27. The van der Waals surface area contributed by atoms with E-state index >= 15 is 0 Å². The van der Waals surface area contributed by atoms with Crippen LogP contribution in [0.4, 0.5) is 4.39 Å². The van der Waals surface area contributed by atoms with E-state index in [1.54, 1.807) is 18.5 Å². The van der Waals surface area contributed by atoms with Crippen LogP contribution in [0.25, 0.3) is 11.0 Å². The molecule has 2 aliphatic rings. The molecule has 0 spiro atoms. The minimum atomic E-state index is -0.276. The Morgan fingerprint density at radius 1 is 1.15 bits per heavy atom. The van der Waals surface area contributed by atoms with E-state index in [4.69, 9.17) is 0 Å². The third-order valence-electron chi connectivity index (χ3n) is 4.56. The highest BCUT2D eigenvalue weighted by Crippen LogP contribution is 2.25. The quantitative estimate of drug-likeness (QED) is 0.703. The van der Waals surface area contributed by atoms with Crippen molar-refractivity contribution in [1.82, 2.24) is 30.8 Å². The van der Waals surface area contributed by atoms with Crippen LogP contribution >= 0.6 is 15.9 Å². The molecule has 1 aromatic heterocycles. The van der Waals surface area contributed by atoms with Gasteiger partial charge in [-0.25, -0.2) is 4.39 Å². The van der Waals surface area contributed by atoms with Gasteiger partial charge >= 0.3 is 0 Å². The molecule has 0 radical (unpaired) electrons. The van der Waals surface area contributed by atoms with Gasteiger partial charge in [-0.2, -0.15) is 0 Å². The van der Waals surface area contributed by atoms with E-state index in [-0.39, 0.29) is 5.82 Å². The number of aromatic nitrogens is 2. The molecule has 0 bridgehead atoms. The number of hydrogen-bond donors (Lipinski definition) is 3. The number of nitrogens with zero attached hydrogens (tertiary/aromatic N) is 3. The smallest absolute Gasteiger partial charge is 0.130 e. The fourth-order valence-corrected chi connectivity index (χ4v) is 3.89. The summed E-state index contributed by atoms with van der Waals surface area (Å²) in [5.74, 6) is -0.276. The standard InChI is InChI=1S/C18H20BrFN6/c19-13-10-22-11-17(18(13)26-5-3-21-4-6-26)25-9-12-7-15-16(8-14(12)20)24-2-1-23-15/h1-2,7-8,11,21-22,25H,3-6,9-10H2. The Bertz CT molecular complexity index is 875. The monoisotopic (exact) mass is 418 g/mol. The van der Waals surface area contributed by atoms with Crippen LogP contribution in [0.5, 0.6) is 0 Å². The number of rotatable bonds is 4. The summed E-state index contributed by atoms with van der Waals surface area (Å²) in [5.41, 5.74) is 3.94. The van der Waals surface area contributed by atoms with E-state index in [1.807, 2.05) is 6.20 Å². The highest BCUT2D eigenvalue weighted by Gasteiger charge is 2.22. The zero-order valence-corrected chi connectivity index (χ0v) is 15.8. The average molecular weight is 419 g/mol. The molecule has 3 heterocycles. The first-order valence-corrected chi connectivity index (χ1v) is 9.43. The molecule has 8 heteroatoms. The first-order valence-electron chi connectivity index (χ1n) is 8.63. The maximum absolute atomic E-state index is 14.4. The van der Waals surface area contributed by atoms with Gasteiger partial charge in [0.15, 0.2) is 0 Å². The Labute approximate surface area is 159 Å². The van der Waals surface area contributed by atoms with Crippen molar-refractivity contribution in [1.29, 1.82) is 0 Å². The van der Waals surface area contributed by atoms with Crippen molar-refractivity contribution in [3.05, 3.63) is 58.0 Å². The van der Waals surface area contributed by atoms with Crippen LogP contribution < -0.4 is 16.0 Å². The van der Waals surface area contributed by atoms with Crippen LogP contribution in [-0.2, 0) is 6.54 Å². The van der Waals surface area contributed by atoms with E-state index in [9.17, 15) is 4.39 Å². The number of halogens is 2. The van der Waals surface area contributed by atoms with Gasteiger partial charge in [0.25, 0.3) is 0 Å². The number of fused-ring (bicyclic) bond motifs is 1. The van der Waals surface area contributed by atoms with Gasteiger partial charge in [0, 0.05) is 74.0 Å². The molecule has 1 saturated heterocycles. The van der Waals surface area contributed by atoms with Crippen molar-refractivity contribution in [2.75, 3.05) is 32.7 Å². The maximum Gasteiger partial charge on any atom is 0.130 e. The maximum atomic E-state index is 14.4. The molecule has 0 saturated carbocycles. The zero-order chi connectivity index (χ0) is 17.9. The number of benzene rings is 1. The fraction of sp³-hybridized carbons (Fsp3) is 0.333. The summed E-state index contributed by atoms with van der Waals surface area (Å²) >= 11 is 3.69. The molecule has 4 rings (SSSR count). The molecule has 1 aromatic carbocycles. The molecule has 0 atom stereocenters. The van der Waals surface area contributed by atoms with Crippen molar-refractivity contribution in [2.45, 2.75) is 6.54 Å². The highest BCUT2D eigenvalue weighted by atomic mass is 79.9. The fourth-order valence-electron chi connectivity index (χ4n) is 3.26. The van der Waals surface area contributed by atoms with E-state index in [2.05, 4.69) is 46.7 Å². The summed E-state index contributed by atoms with van der Waals surface area (Å²) in [6, 6.07) is 3.19. The summed E-state index contributed by atoms with van der Waals surface area (Å²) in [6.07, 6.45) is 5.15. The van der Waals surface area contributed by atoms with Crippen molar-refractivity contribution in [3.8, 4) is 0 Å². The molecule has 136 valence electrons. The lowest BCUT2D eigenvalue weighted by Gasteiger charge is -2.35. The predicted molar refractivity (Wildman–Crippen MR) is 103 cm³/mol. The molecule has 26 heavy (non-hydrogen) atoms. The van der Waals surface area contributed by atoms with Crippen molar-refractivity contribution >= 4 is 27.0 Å². The average Bonchev–Trinajstić information content (AvgIpc) is 2.67. The van der Waals surface area contributed by atoms with Gasteiger partial charge in [-0.05, 0) is 6.07 Å². The van der Waals surface area contributed by atoms with Crippen LogP contribution in [0.3, 0.4) is 0 Å². The zero-order valence-electron chi connectivity index (χ0n) is 14.2. The minimum absolute atomic E-state index is 0.276. The minimum Gasteiger partial charge on any atom is -0.384 e. The Hall–Kier alpha value is -2.19. The van der Waals surface area contributed by atoms with Crippen molar-refractivity contribution in [2.24, 2.45) is 0 Å². The molecule has 3 N–H and O–H groups in total. The third kappa shape index (κ3) is 3.52. The molecule has 0 unspecified atom stereocenters. The lowest BCUT2D eigenvalue weighted by Crippen LogP contribution is -2.45. The Kier molecular flexibility index (Phi) is 5.03. The van der Waals surface area contributed by atoms with Crippen molar-refractivity contribution in [3.63, 3.8) is 0 Å². The molecule has 0 aliphatic carbocycles. The predicted octanol–water partition coefficient (Wildman–Crippen LogP) is 1.81. The third-order valence-corrected chi connectivity index (χ3v) is 5.21. The first kappa shape index (κ1) is 17.2. The second-order valence-corrected chi connectivity index (χ2v) is 7.23. The van der Waals surface area contributed by atoms with Crippen LogP contribution in [0, 0.1) is 5.82 Å². The highest BCUT2D eigenvalue weighted by molar-refractivity contribution is 9.11. The van der Waals surface area contributed by atoms with Crippen LogP contribution in [0.2, 0.25) is 0 Å². The molecule has 1 fully saturated rings. The van der Waals surface area contributed by atoms with Gasteiger partial charge in [0.05, 0.1) is 22.4 Å². The van der Waals surface area contributed by atoms with Crippen LogP contribution in [0.1, 0.15) is 5.56 Å². The van der Waals surface area contributed by atoms with E-state index in [0.717, 1.165) is 48.6 Å². The molecule has 2 aromatic rings. The molecule has 6 nitrogen and oxygen atoms in total. The summed E-state index contributed by atoms with van der Waals surface area (Å²) in [4.78, 5) is 10.8. The van der Waals surface area contributed by atoms with Crippen LogP contribution in [-0.4, -0.2) is 47.6 Å². The van der Waals surface area contributed by atoms with Crippen molar-refractivity contribution < 1.29 is 4.39 Å². The normalized spacial score (nSPS) is 17.9. The van der Waals surface area contributed by atoms with Gasteiger partial charge < -0.3 is 20.9 Å². The van der Waals surface area contributed by atoms with Crippen LogP contribution in [0.15, 0.2) is 46.6 Å². The van der Waals surface area contributed by atoms with E-state index in [1.165, 1.54) is 6.07 Å². The Balaban J connectivity index is 1.54. The summed E-state index contributed by atoms with van der Waals surface area (Å²) in [6.45, 7) is 4.95. The lowest BCUT2D eigenvalue weighted by atomic mass is 10.1. The van der Waals surface area contributed by atoms with E-state index < -0.39 is 0 Å². The lowest BCUT2D eigenvalue weighted by molar-refractivity contribution is 0.298. The van der Waals surface area contributed by atoms with E-state index in [0.29, 0.717) is 23.1 Å². The molecular formula is C18H20BrFN6. The number of dihydropyridines is 1. The molecular weight excluding hydrogens is 399 g/mol. The van der Waals surface area contributed by atoms with Gasteiger partial charge in [-0.15, -0.1) is 0 Å². The summed E-state index contributed by atoms with van der Waals surface area (Å²) < 4.78 is 15.5. The second kappa shape index (κ2) is 7.59. The Morgan fingerprint density at radius 2 is 1.88 bits per heavy atom. The van der Waals surface area contributed by atoms with Gasteiger partial charge in [-0.3, -0.25) is 9.97 Å². The molecule has 2 aliphatic heterocycles. The number of piperazine rings is 1. The number of nitrogens with one attached hydrogen (secondary N) is 3. The van der Waals surface area contributed by atoms with Gasteiger partial charge in [-0.1, -0.05) is 15.9 Å². The topological polar surface area (TPSA) is 65.1 Å².